The van der Waals surface area contributed by atoms with E-state index in [1.807, 2.05) is 11.8 Å². The van der Waals surface area contributed by atoms with Crippen molar-refractivity contribution in [1.82, 2.24) is 0 Å². The summed E-state index contributed by atoms with van der Waals surface area (Å²) in [5.41, 5.74) is 2.65. The Labute approximate surface area is 263 Å². The Kier molecular flexibility index (Phi) is 7.20. The van der Waals surface area contributed by atoms with E-state index in [1.54, 1.807) is 0 Å². The Morgan fingerprint density at radius 3 is 1.52 bits per heavy atom. The molecule has 0 aliphatic heterocycles. The zero-order valence-corrected chi connectivity index (χ0v) is 25.8. The maximum Gasteiger partial charge on any atom is 0.0207 e. The molecule has 0 nitrogen and oxygen atoms in total. The molecule has 0 N–H and O–H groups in total. The maximum atomic E-state index is 2.40. The summed E-state index contributed by atoms with van der Waals surface area (Å²) in [6.45, 7) is 0. The Morgan fingerprint density at radius 2 is 0.864 bits per heavy atom. The minimum atomic E-state index is -0.823. The van der Waals surface area contributed by atoms with Crippen molar-refractivity contribution >= 4 is 67.9 Å². The van der Waals surface area contributed by atoms with Gasteiger partial charge in [0.05, 0.1) is 0 Å². The molecule has 8 rings (SSSR count). The summed E-state index contributed by atoms with van der Waals surface area (Å²) in [5.74, 6) is 0. The second-order valence-corrected chi connectivity index (χ2v) is 14.3. The molecule has 0 heterocycles. The molecule has 0 amide bonds. The lowest BCUT2D eigenvalue weighted by atomic mass is 9.94. The molecule has 0 fully saturated rings. The van der Waals surface area contributed by atoms with E-state index in [2.05, 4.69) is 176 Å². The van der Waals surface area contributed by atoms with Gasteiger partial charge < -0.3 is 0 Å². The molecule has 0 aliphatic rings. The Morgan fingerprint density at radius 1 is 0.364 bits per heavy atom. The molecule has 2 heteroatoms. The molecule has 44 heavy (non-hydrogen) atoms. The van der Waals surface area contributed by atoms with Crippen molar-refractivity contribution in [3.05, 3.63) is 176 Å². The van der Waals surface area contributed by atoms with Crippen molar-refractivity contribution in [1.29, 1.82) is 0 Å². The molecule has 8 aromatic rings. The van der Waals surface area contributed by atoms with Gasteiger partial charge in [-0.05, 0) is 79.9 Å². The van der Waals surface area contributed by atoms with E-state index in [1.165, 1.54) is 69.1 Å². The smallest absolute Gasteiger partial charge is 0.0207 e. The second-order valence-electron chi connectivity index (χ2n) is 11.0. The van der Waals surface area contributed by atoms with Gasteiger partial charge in [-0.25, -0.2) is 0 Å². The van der Waals surface area contributed by atoms with Crippen molar-refractivity contribution in [2.45, 2.75) is 9.79 Å². The van der Waals surface area contributed by atoms with E-state index >= 15 is 0 Å². The van der Waals surface area contributed by atoms with Gasteiger partial charge in [-0.15, -0.1) is 0 Å². The van der Waals surface area contributed by atoms with Crippen LogP contribution in [0.4, 0.5) is 0 Å². The van der Waals surface area contributed by atoms with Crippen molar-refractivity contribution in [3.8, 4) is 11.1 Å². The highest BCUT2D eigenvalue weighted by Crippen LogP contribution is 2.46. The second kappa shape index (κ2) is 11.8. The van der Waals surface area contributed by atoms with Gasteiger partial charge in [-0.3, -0.25) is 0 Å². The summed E-state index contributed by atoms with van der Waals surface area (Å²) in [6.07, 6.45) is 0. The van der Waals surface area contributed by atoms with Crippen molar-refractivity contribution < 1.29 is 0 Å². The SMILES string of the molecule is c1ccc(P(c2ccccc2)c2ccc3ccccc3c2-c2c(Sc3ccc4ccccc4c3)ccc3ccccc23)cc1. The predicted octanol–water partition coefficient (Wildman–Crippen LogP) is 10.7. The maximum absolute atomic E-state index is 2.40. The summed E-state index contributed by atoms with van der Waals surface area (Å²) >= 11 is 1.87. The van der Waals surface area contributed by atoms with Crippen LogP contribution in [0.1, 0.15) is 0 Å². The summed E-state index contributed by atoms with van der Waals surface area (Å²) in [7, 11) is -0.823. The molecule has 208 valence electrons. The van der Waals surface area contributed by atoms with Gasteiger partial charge in [0.2, 0.25) is 0 Å². The van der Waals surface area contributed by atoms with Gasteiger partial charge in [0, 0.05) is 15.4 Å². The van der Waals surface area contributed by atoms with Gasteiger partial charge >= 0.3 is 0 Å². The van der Waals surface area contributed by atoms with Gasteiger partial charge in [0.15, 0.2) is 0 Å². The highest BCUT2D eigenvalue weighted by molar-refractivity contribution is 7.99. The van der Waals surface area contributed by atoms with Crippen LogP contribution in [0, 0.1) is 0 Å². The summed E-state index contributed by atoms with van der Waals surface area (Å²) < 4.78 is 0. The van der Waals surface area contributed by atoms with Crippen LogP contribution in [0.25, 0.3) is 43.4 Å². The molecule has 8 aromatic carbocycles. The lowest BCUT2D eigenvalue weighted by Gasteiger charge is -2.25. The third kappa shape index (κ3) is 4.99. The van der Waals surface area contributed by atoms with Crippen LogP contribution < -0.4 is 15.9 Å². The molecule has 0 bridgehead atoms. The third-order valence-electron chi connectivity index (χ3n) is 8.27. The van der Waals surface area contributed by atoms with Gasteiger partial charge in [-0.2, -0.15) is 0 Å². The fourth-order valence-corrected chi connectivity index (χ4v) is 9.74. The quantitative estimate of drug-likeness (QED) is 0.172. The monoisotopic (exact) mass is 596 g/mol. The average Bonchev–Trinajstić information content (AvgIpc) is 3.09. The molecule has 0 saturated carbocycles. The van der Waals surface area contributed by atoms with E-state index in [0.717, 1.165) is 0 Å². The summed E-state index contributed by atoms with van der Waals surface area (Å²) in [5, 5.41) is 11.7. The average molecular weight is 597 g/mol. The van der Waals surface area contributed by atoms with E-state index in [9.17, 15) is 0 Å². The van der Waals surface area contributed by atoms with Crippen molar-refractivity contribution in [2.75, 3.05) is 0 Å². The van der Waals surface area contributed by atoms with Crippen LogP contribution in [-0.4, -0.2) is 0 Å². The lowest BCUT2D eigenvalue weighted by Crippen LogP contribution is -2.22. The standard InChI is InChI=1S/C42H29PS/c1-3-17-34(18-4-1)43(35-19-5-2-6-20-35)39-27-24-31-14-9-11-21-37(31)41(39)42-38-22-12-10-15-32(38)25-28-40(42)44-36-26-23-30-13-7-8-16-33(30)29-36/h1-29H. The molecule has 0 saturated heterocycles. The highest BCUT2D eigenvalue weighted by atomic mass is 32.2. The number of benzene rings is 8. The molecule has 0 atom stereocenters. The zero-order valence-electron chi connectivity index (χ0n) is 24.1. The Balaban J connectivity index is 1.44. The molecule has 0 radical (unpaired) electrons. The van der Waals surface area contributed by atoms with E-state index < -0.39 is 7.92 Å². The van der Waals surface area contributed by atoms with E-state index in [4.69, 9.17) is 0 Å². The first kappa shape index (κ1) is 26.9. The van der Waals surface area contributed by atoms with E-state index in [0.29, 0.717) is 0 Å². The first-order valence-electron chi connectivity index (χ1n) is 14.9. The molecule has 0 aromatic heterocycles. The highest BCUT2D eigenvalue weighted by Gasteiger charge is 2.24. The number of rotatable bonds is 6. The van der Waals surface area contributed by atoms with Crippen molar-refractivity contribution in [2.24, 2.45) is 0 Å². The van der Waals surface area contributed by atoms with Gasteiger partial charge in [0.25, 0.3) is 0 Å². The first-order chi connectivity index (χ1) is 21.8. The van der Waals surface area contributed by atoms with Crippen LogP contribution in [0.3, 0.4) is 0 Å². The minimum absolute atomic E-state index is 0.823. The van der Waals surface area contributed by atoms with Crippen LogP contribution in [0.5, 0.6) is 0 Å². The van der Waals surface area contributed by atoms with E-state index in [-0.39, 0.29) is 0 Å². The number of hydrogen-bond acceptors (Lipinski definition) is 1. The minimum Gasteiger partial charge on any atom is -0.0894 e. The number of hydrogen-bond donors (Lipinski definition) is 0. The molecule has 0 unspecified atom stereocenters. The topological polar surface area (TPSA) is 0 Å². The molecular formula is C42H29PS. The lowest BCUT2D eigenvalue weighted by molar-refractivity contribution is 1.44. The Hall–Kier alpha value is -4.68. The number of fused-ring (bicyclic) bond motifs is 3. The summed E-state index contributed by atoms with van der Waals surface area (Å²) in [4.78, 5) is 2.52. The van der Waals surface area contributed by atoms with Crippen LogP contribution in [0.2, 0.25) is 0 Å². The first-order valence-corrected chi connectivity index (χ1v) is 17.1. The Bertz CT molecular complexity index is 2220. The van der Waals surface area contributed by atoms with Crippen molar-refractivity contribution in [3.63, 3.8) is 0 Å². The molecule has 0 aliphatic carbocycles. The zero-order chi connectivity index (χ0) is 29.3. The van der Waals surface area contributed by atoms with Crippen LogP contribution >= 0.6 is 19.7 Å². The normalized spacial score (nSPS) is 11.5. The van der Waals surface area contributed by atoms with Crippen LogP contribution in [-0.2, 0) is 0 Å². The third-order valence-corrected chi connectivity index (χ3v) is 11.8. The predicted molar refractivity (Wildman–Crippen MR) is 194 cm³/mol. The fourth-order valence-electron chi connectivity index (χ4n) is 6.24. The van der Waals surface area contributed by atoms with Crippen LogP contribution in [0.15, 0.2) is 186 Å². The summed E-state index contributed by atoms with van der Waals surface area (Å²) in [6, 6.07) is 64.6. The van der Waals surface area contributed by atoms with Gasteiger partial charge in [-0.1, -0.05) is 169 Å². The largest absolute Gasteiger partial charge is 0.0894 e. The molecular weight excluding hydrogens is 568 g/mol. The fraction of sp³-hybridized carbons (Fsp3) is 0. The van der Waals surface area contributed by atoms with Gasteiger partial charge in [0.1, 0.15) is 0 Å². The molecule has 0 spiro atoms.